The Balaban J connectivity index is 0.00000106. The Bertz CT molecular complexity index is 392. The fourth-order valence-corrected chi connectivity index (χ4v) is 1.18. The van der Waals surface area contributed by atoms with Crippen molar-refractivity contribution < 1.29 is 13.9 Å². The molecule has 0 aliphatic carbocycles. The molecule has 0 aromatic heterocycles. The lowest BCUT2D eigenvalue weighted by atomic mass is 10.1. The van der Waals surface area contributed by atoms with E-state index in [9.17, 15) is 8.78 Å². The minimum absolute atomic E-state index is 0.127. The van der Waals surface area contributed by atoms with Crippen LogP contribution in [0.5, 0.6) is 0 Å². The van der Waals surface area contributed by atoms with Crippen LogP contribution in [0.2, 0.25) is 0 Å². The van der Waals surface area contributed by atoms with E-state index in [0.29, 0.717) is 0 Å². The molecular formula is C11H14F2N2O. The van der Waals surface area contributed by atoms with Crippen molar-refractivity contribution in [2.24, 2.45) is 10.7 Å². The van der Waals surface area contributed by atoms with Crippen molar-refractivity contribution in [2.45, 2.75) is 6.54 Å². The Hall–Kier alpha value is -1.59. The van der Waals surface area contributed by atoms with Gasteiger partial charge in [0.15, 0.2) is 0 Å². The van der Waals surface area contributed by atoms with Crippen molar-refractivity contribution in [1.29, 1.82) is 0 Å². The summed E-state index contributed by atoms with van der Waals surface area (Å²) in [5.41, 5.74) is 5.30. The first-order valence-corrected chi connectivity index (χ1v) is 4.40. The van der Waals surface area contributed by atoms with Crippen LogP contribution < -0.4 is 5.73 Å². The summed E-state index contributed by atoms with van der Waals surface area (Å²) in [6.07, 6.45) is 1.26. The molecule has 0 fully saturated rings. The monoisotopic (exact) mass is 228 g/mol. The number of hydrogen-bond donors (Lipinski definition) is 2. The lowest BCUT2D eigenvalue weighted by Gasteiger charge is -2.07. The van der Waals surface area contributed by atoms with E-state index >= 15 is 0 Å². The zero-order valence-corrected chi connectivity index (χ0v) is 9.00. The average molecular weight is 228 g/mol. The molecule has 0 heterocycles. The highest BCUT2D eigenvalue weighted by atomic mass is 19.1. The highest BCUT2D eigenvalue weighted by Crippen LogP contribution is 2.27. The van der Waals surface area contributed by atoms with E-state index in [4.69, 9.17) is 10.8 Å². The van der Waals surface area contributed by atoms with Crippen molar-refractivity contribution in [3.8, 4) is 0 Å². The lowest BCUT2D eigenvalue weighted by Crippen LogP contribution is -2.05. The van der Waals surface area contributed by atoms with Gasteiger partial charge in [-0.2, -0.15) is 0 Å². The molecule has 1 aromatic carbocycles. The van der Waals surface area contributed by atoms with Gasteiger partial charge in [-0.25, -0.2) is 8.78 Å². The number of rotatable bonds is 3. The van der Waals surface area contributed by atoms with Crippen LogP contribution in [0.4, 0.5) is 14.5 Å². The number of nitrogens with two attached hydrogens (primary N) is 1. The van der Waals surface area contributed by atoms with Gasteiger partial charge in [0.25, 0.3) is 0 Å². The molecule has 0 unspecified atom stereocenters. The van der Waals surface area contributed by atoms with Gasteiger partial charge in [-0.3, -0.25) is 4.99 Å². The molecule has 0 saturated carbocycles. The van der Waals surface area contributed by atoms with Crippen molar-refractivity contribution in [3.63, 3.8) is 0 Å². The largest absolute Gasteiger partial charge is 0.400 e. The fraction of sp³-hybridized carbons (Fsp3) is 0.182. The molecule has 1 aromatic rings. The maximum Gasteiger partial charge on any atom is 0.139 e. The molecule has 3 N–H and O–H groups in total. The third kappa shape index (κ3) is 2.71. The molecule has 0 atom stereocenters. The van der Waals surface area contributed by atoms with Crippen LogP contribution in [-0.2, 0) is 6.54 Å². The molecule has 0 bridgehead atoms. The predicted molar refractivity (Wildman–Crippen MR) is 61.7 cm³/mol. The standard InChI is InChI=1S/C10H10F2N2.CH4O/c1-3-6-9(14-2)4-8(11)7(5-13)10(6)12;1-2/h3-4H,1-2,5,13H2;2H,1H3. The molecule has 0 amide bonds. The van der Waals surface area contributed by atoms with Crippen LogP contribution in [0.1, 0.15) is 11.1 Å². The average Bonchev–Trinajstić information content (AvgIpc) is 2.31. The molecule has 0 radical (unpaired) electrons. The predicted octanol–water partition coefficient (Wildman–Crippen LogP) is 2.01. The second-order valence-corrected chi connectivity index (χ2v) is 2.65. The first-order chi connectivity index (χ1) is 7.65. The Morgan fingerprint density at radius 2 is 2.06 bits per heavy atom. The van der Waals surface area contributed by atoms with Gasteiger partial charge in [0, 0.05) is 30.8 Å². The number of halogens is 2. The number of aliphatic imine (C=N–C) groups is 1. The lowest BCUT2D eigenvalue weighted by molar-refractivity contribution is 0.399. The third-order valence-electron chi connectivity index (χ3n) is 1.91. The first kappa shape index (κ1) is 14.4. The van der Waals surface area contributed by atoms with E-state index in [-0.39, 0.29) is 23.4 Å². The Morgan fingerprint density at radius 3 is 2.44 bits per heavy atom. The van der Waals surface area contributed by atoms with Crippen molar-refractivity contribution in [2.75, 3.05) is 7.11 Å². The van der Waals surface area contributed by atoms with E-state index in [2.05, 4.69) is 18.3 Å². The molecule has 0 saturated heterocycles. The highest BCUT2D eigenvalue weighted by molar-refractivity contribution is 5.66. The SMILES string of the molecule is C=Cc1c(N=C)cc(F)c(CN)c1F.CO. The number of benzene rings is 1. The summed E-state index contributed by atoms with van der Waals surface area (Å²) in [4.78, 5) is 3.50. The van der Waals surface area contributed by atoms with Crippen LogP contribution in [-0.4, -0.2) is 18.9 Å². The number of aliphatic hydroxyl groups is 1. The van der Waals surface area contributed by atoms with E-state index in [0.717, 1.165) is 13.2 Å². The fourth-order valence-electron chi connectivity index (χ4n) is 1.18. The van der Waals surface area contributed by atoms with E-state index in [1.165, 1.54) is 6.08 Å². The molecule has 88 valence electrons. The topological polar surface area (TPSA) is 58.6 Å². The second-order valence-electron chi connectivity index (χ2n) is 2.65. The van der Waals surface area contributed by atoms with Crippen molar-refractivity contribution >= 4 is 18.5 Å². The van der Waals surface area contributed by atoms with Crippen LogP contribution in [0, 0.1) is 11.6 Å². The van der Waals surface area contributed by atoms with Gasteiger partial charge in [-0.1, -0.05) is 12.7 Å². The van der Waals surface area contributed by atoms with Crippen LogP contribution in [0.3, 0.4) is 0 Å². The minimum atomic E-state index is -0.718. The summed E-state index contributed by atoms with van der Waals surface area (Å²) in [7, 11) is 1.00. The molecule has 5 heteroatoms. The van der Waals surface area contributed by atoms with Gasteiger partial charge in [0.2, 0.25) is 0 Å². The Morgan fingerprint density at radius 1 is 1.50 bits per heavy atom. The zero-order chi connectivity index (χ0) is 12.7. The van der Waals surface area contributed by atoms with Gasteiger partial charge >= 0.3 is 0 Å². The smallest absolute Gasteiger partial charge is 0.139 e. The molecule has 16 heavy (non-hydrogen) atoms. The summed E-state index contributed by atoms with van der Waals surface area (Å²) in [6.45, 7) is 6.43. The summed E-state index contributed by atoms with van der Waals surface area (Å²) >= 11 is 0. The molecule has 1 rings (SSSR count). The van der Waals surface area contributed by atoms with Gasteiger partial charge in [0.1, 0.15) is 11.6 Å². The van der Waals surface area contributed by atoms with Gasteiger partial charge in [-0.05, 0) is 6.72 Å². The van der Waals surface area contributed by atoms with Gasteiger partial charge < -0.3 is 10.8 Å². The van der Waals surface area contributed by atoms with Crippen molar-refractivity contribution in [1.82, 2.24) is 0 Å². The van der Waals surface area contributed by atoms with Crippen LogP contribution in [0.25, 0.3) is 6.08 Å². The maximum atomic E-state index is 13.5. The van der Waals surface area contributed by atoms with Gasteiger partial charge in [-0.15, -0.1) is 0 Å². The Kier molecular flexibility index (Phi) is 6.14. The summed E-state index contributed by atoms with van der Waals surface area (Å²) in [5, 5.41) is 7.00. The number of nitrogens with zero attached hydrogens (tertiary/aromatic N) is 1. The van der Waals surface area contributed by atoms with E-state index < -0.39 is 11.6 Å². The summed E-state index contributed by atoms with van der Waals surface area (Å²) in [5.74, 6) is -1.43. The van der Waals surface area contributed by atoms with Crippen LogP contribution >= 0.6 is 0 Å². The van der Waals surface area contributed by atoms with Gasteiger partial charge in [0.05, 0.1) is 5.69 Å². The normalized spacial score (nSPS) is 9.06. The molecule has 0 spiro atoms. The highest BCUT2D eigenvalue weighted by Gasteiger charge is 2.14. The summed E-state index contributed by atoms with van der Waals surface area (Å²) < 4.78 is 26.7. The number of hydrogen-bond acceptors (Lipinski definition) is 3. The molecule has 0 aliphatic heterocycles. The van der Waals surface area contributed by atoms with E-state index in [1.807, 2.05) is 0 Å². The first-order valence-electron chi connectivity index (χ1n) is 4.40. The number of aliphatic hydroxyl groups excluding tert-OH is 1. The Labute approximate surface area is 92.9 Å². The zero-order valence-electron chi connectivity index (χ0n) is 9.00. The second kappa shape index (κ2) is 6.81. The third-order valence-corrected chi connectivity index (χ3v) is 1.91. The van der Waals surface area contributed by atoms with Crippen molar-refractivity contribution in [3.05, 3.63) is 35.4 Å². The molecular weight excluding hydrogens is 214 g/mol. The molecule has 3 nitrogen and oxygen atoms in total. The van der Waals surface area contributed by atoms with E-state index in [1.54, 1.807) is 0 Å². The molecule has 0 aliphatic rings. The van der Waals surface area contributed by atoms with Crippen LogP contribution in [0.15, 0.2) is 17.6 Å². The minimum Gasteiger partial charge on any atom is -0.400 e. The quantitative estimate of drug-likeness (QED) is 0.777. The maximum absolute atomic E-state index is 13.5. The summed E-state index contributed by atoms with van der Waals surface area (Å²) in [6, 6.07) is 1.09.